The van der Waals surface area contributed by atoms with E-state index in [0.717, 1.165) is 83.1 Å². The first-order valence-electron chi connectivity index (χ1n) is 29.2. The number of rotatable bonds is 8. The van der Waals surface area contributed by atoms with Crippen molar-refractivity contribution in [1.82, 2.24) is 25.3 Å². The van der Waals surface area contributed by atoms with Crippen LogP contribution >= 0.6 is 23.5 Å². The summed E-state index contributed by atoms with van der Waals surface area (Å²) in [5, 5.41) is 6.89. The molecule has 11 aliphatic heterocycles. The average Bonchev–Trinajstić information content (AvgIpc) is 4.31. The Labute approximate surface area is 462 Å². The topological polar surface area (TPSA) is 121 Å². The largest absolute Gasteiger partial charge is 0.469 e. The van der Waals surface area contributed by atoms with Gasteiger partial charge in [-0.1, -0.05) is 91.0 Å². The van der Waals surface area contributed by atoms with Gasteiger partial charge in [0, 0.05) is 121 Å². The van der Waals surface area contributed by atoms with Crippen molar-refractivity contribution >= 4 is 47.0 Å². The van der Waals surface area contributed by atoms with E-state index in [0.29, 0.717) is 59.9 Å². The first kappa shape index (κ1) is 55.5. The second kappa shape index (κ2) is 26.9. The number of hydrogen-bond donors (Lipinski definition) is 2. The number of nitrogens with one attached hydrogen (secondary N) is 2. The zero-order valence-electron chi connectivity index (χ0n) is 45.4. The summed E-state index contributed by atoms with van der Waals surface area (Å²) in [5.41, 5.74) is 6.00. The van der Waals surface area contributed by atoms with Gasteiger partial charge < -0.3 is 20.1 Å². The van der Waals surface area contributed by atoms with E-state index in [9.17, 15) is 19.2 Å². The molecule has 10 unspecified atom stereocenters. The van der Waals surface area contributed by atoms with Crippen LogP contribution in [0.2, 0.25) is 0 Å². The van der Waals surface area contributed by atoms with Crippen LogP contribution in [-0.2, 0) is 48.3 Å². The molecule has 0 aliphatic carbocycles. The number of hydrogen-bond acceptors (Lipinski definition) is 13. The molecule has 76 heavy (non-hydrogen) atoms. The third-order valence-electron chi connectivity index (χ3n) is 18.6. The highest BCUT2D eigenvalue weighted by Gasteiger charge is 2.44. The Kier molecular flexibility index (Phi) is 19.6. The van der Waals surface area contributed by atoms with Gasteiger partial charge in [0.15, 0.2) is 0 Å². The quantitative estimate of drug-likeness (QED) is 0.209. The van der Waals surface area contributed by atoms with Gasteiger partial charge in [0.2, 0.25) is 0 Å². The smallest absolute Gasteiger partial charge is 0.308 e. The predicted octanol–water partition coefficient (Wildman–Crippen LogP) is 10.6. The highest BCUT2D eigenvalue weighted by Crippen LogP contribution is 2.47. The molecule has 14 rings (SSSR count). The number of ether oxygens (including phenoxy) is 2. The summed E-state index contributed by atoms with van der Waals surface area (Å²) in [5.74, 6) is 3.82. The molecule has 11 nitrogen and oxygen atoms in total. The van der Waals surface area contributed by atoms with E-state index in [1.165, 1.54) is 119 Å². The number of fused-ring (bicyclic) bond motifs is 10. The lowest BCUT2D eigenvalue weighted by atomic mass is 9.90. The molecule has 13 heteroatoms. The van der Waals surface area contributed by atoms with Gasteiger partial charge in [0.1, 0.15) is 11.6 Å². The summed E-state index contributed by atoms with van der Waals surface area (Å²) in [6.07, 6.45) is 22.3. The molecule has 0 amide bonds. The van der Waals surface area contributed by atoms with Crippen LogP contribution in [0.3, 0.4) is 0 Å². The van der Waals surface area contributed by atoms with E-state index in [1.807, 2.05) is 0 Å². The fraction of sp³-hybridized carbons (Fsp3) is 0.619. The molecule has 11 aliphatic rings. The molecule has 10 atom stereocenters. The summed E-state index contributed by atoms with van der Waals surface area (Å²) in [6, 6.07) is 38.2. The molecule has 3 aromatic rings. The normalized spacial score (nSPS) is 32.9. The fourth-order valence-electron chi connectivity index (χ4n) is 14.9. The van der Waals surface area contributed by atoms with E-state index in [4.69, 9.17) is 9.47 Å². The molecule has 10 bridgehead atoms. The van der Waals surface area contributed by atoms with Gasteiger partial charge >= 0.3 is 11.9 Å². The Morgan fingerprint density at radius 3 is 1.21 bits per heavy atom. The van der Waals surface area contributed by atoms with Crippen LogP contribution in [-0.4, -0.2) is 124 Å². The van der Waals surface area contributed by atoms with Crippen molar-refractivity contribution in [2.24, 2.45) is 11.8 Å². The number of esters is 2. The molecule has 0 spiro atoms. The molecule has 0 saturated carbocycles. The molecule has 11 heterocycles. The number of methoxy groups -OCH3 is 2. The monoisotopic (exact) mass is 1070 g/mol. The van der Waals surface area contributed by atoms with E-state index in [1.54, 1.807) is 9.81 Å². The maximum atomic E-state index is 11.7. The van der Waals surface area contributed by atoms with Gasteiger partial charge in [-0.05, 0) is 125 Å². The van der Waals surface area contributed by atoms with Crippen molar-refractivity contribution in [2.45, 2.75) is 208 Å². The zero-order chi connectivity index (χ0) is 52.4. The SMILES string of the molecule is COC(=O)C1CC2CCC(C1)N2.COC(=O)C1CC2CCC(C1)N2Cc1ccccc1.O=C1CC2CCC(C1)N2.O=C1CC2CCC(C1)N2Cc1ccccc1.c1ccc(CN2C3CCC2CC(=C2SCCS2)C3)cc1. The first-order chi connectivity index (χ1) is 37.1. The summed E-state index contributed by atoms with van der Waals surface area (Å²) in [4.78, 5) is 53.2. The van der Waals surface area contributed by atoms with Crippen molar-refractivity contribution in [3.8, 4) is 0 Å². The molecule has 0 aromatic heterocycles. The van der Waals surface area contributed by atoms with Crippen LogP contribution < -0.4 is 10.6 Å². The summed E-state index contributed by atoms with van der Waals surface area (Å²) in [6.45, 7) is 3.19. The van der Waals surface area contributed by atoms with Crippen LogP contribution in [0, 0.1) is 11.8 Å². The minimum Gasteiger partial charge on any atom is -0.469 e. The first-order valence-corrected chi connectivity index (χ1v) is 31.2. The molecular formula is C63H85N5O6S2. The number of carbonyl (C=O) groups is 4. The molecule has 3 aromatic carbocycles. The fourth-order valence-corrected chi connectivity index (χ4v) is 17.5. The number of benzene rings is 3. The number of ketones is 2. The Morgan fingerprint density at radius 1 is 0.447 bits per heavy atom. The third kappa shape index (κ3) is 14.5. The number of nitrogens with zero attached hydrogens (tertiary/aromatic N) is 3. The van der Waals surface area contributed by atoms with E-state index in [2.05, 4.69) is 140 Å². The van der Waals surface area contributed by atoms with Crippen LogP contribution in [0.25, 0.3) is 0 Å². The van der Waals surface area contributed by atoms with Crippen LogP contribution in [0.1, 0.15) is 145 Å². The predicted molar refractivity (Wildman–Crippen MR) is 305 cm³/mol. The van der Waals surface area contributed by atoms with Crippen molar-refractivity contribution in [3.05, 3.63) is 117 Å². The summed E-state index contributed by atoms with van der Waals surface area (Å²) in [7, 11) is 2.98. The number of carbonyl (C=O) groups excluding carboxylic acids is 4. The maximum absolute atomic E-state index is 11.7. The summed E-state index contributed by atoms with van der Waals surface area (Å²) < 4.78 is 11.3. The standard InChI is InChI=1S/C17H21NS2.C16H21NO2.C14H17NO.C9H15NO2.C7H11NO/c1-2-4-13(5-3-1)12-18-15-6-7-16(18)11-14(10-15)17-19-8-9-20-17;1-19-16(18)13-9-14-7-8-15(10-13)17(14)11-12-5-3-2-4-6-12;16-14-8-12-6-7-13(9-14)15(12)10-11-4-2-1-3-5-11;1-12-9(11)6-4-7-2-3-8(5-6)10-7;9-7-3-5-1-2-6(4-7)8-5/h1-5,15-16H,6-12H2;2-6,13-15H,7-11H2,1H3;1-5,12-13H,6-10H2;6-8,10H,2-5H2,1H3;5-6,8H,1-4H2. The molecule has 0 radical (unpaired) electrons. The molecule has 410 valence electrons. The third-order valence-corrected chi connectivity index (χ3v) is 21.5. The average molecular weight is 1070 g/mol. The minimum atomic E-state index is -0.0200. The maximum Gasteiger partial charge on any atom is 0.308 e. The van der Waals surface area contributed by atoms with Crippen molar-refractivity contribution in [3.63, 3.8) is 0 Å². The molecule has 11 saturated heterocycles. The summed E-state index contributed by atoms with van der Waals surface area (Å²) >= 11 is 4.22. The Balaban J connectivity index is 0.000000111. The minimum absolute atomic E-state index is 0.0174. The Bertz CT molecular complexity index is 2350. The van der Waals surface area contributed by atoms with Gasteiger partial charge in [0.25, 0.3) is 0 Å². The zero-order valence-corrected chi connectivity index (χ0v) is 47.0. The lowest BCUT2D eigenvalue weighted by Gasteiger charge is -2.38. The van der Waals surface area contributed by atoms with Crippen LogP contribution in [0.5, 0.6) is 0 Å². The number of piperidine rings is 5. The second-order valence-electron chi connectivity index (χ2n) is 23.7. The van der Waals surface area contributed by atoms with E-state index in [-0.39, 0.29) is 23.8 Å². The lowest BCUT2D eigenvalue weighted by Crippen LogP contribution is -2.44. The van der Waals surface area contributed by atoms with Crippen molar-refractivity contribution in [1.29, 1.82) is 0 Å². The Hall–Kier alpha value is -3.82. The highest BCUT2D eigenvalue weighted by atomic mass is 32.2. The lowest BCUT2D eigenvalue weighted by molar-refractivity contribution is -0.148. The van der Waals surface area contributed by atoms with Crippen LogP contribution in [0.15, 0.2) is 101 Å². The highest BCUT2D eigenvalue weighted by molar-refractivity contribution is 8.25. The van der Waals surface area contributed by atoms with Gasteiger partial charge in [-0.2, -0.15) is 0 Å². The van der Waals surface area contributed by atoms with Gasteiger partial charge in [0.05, 0.1) is 26.1 Å². The van der Waals surface area contributed by atoms with Gasteiger partial charge in [-0.3, -0.25) is 33.9 Å². The molecule has 2 N–H and O–H groups in total. The van der Waals surface area contributed by atoms with E-state index >= 15 is 0 Å². The van der Waals surface area contributed by atoms with Crippen molar-refractivity contribution in [2.75, 3.05) is 25.7 Å². The molecule has 11 fully saturated rings. The van der Waals surface area contributed by atoms with E-state index < -0.39 is 0 Å². The van der Waals surface area contributed by atoms with Crippen molar-refractivity contribution < 1.29 is 28.7 Å². The Morgan fingerprint density at radius 2 is 0.789 bits per heavy atom. The second-order valence-corrected chi connectivity index (χ2v) is 26.1. The number of Topliss-reactive ketones (excluding diaryl/α,β-unsaturated/α-hetero) is 2. The number of thioether (sulfide) groups is 2. The van der Waals surface area contributed by atoms with Gasteiger partial charge in [-0.15, -0.1) is 23.5 Å². The van der Waals surface area contributed by atoms with Crippen LogP contribution in [0.4, 0.5) is 0 Å². The molecular weight excluding hydrogens is 987 g/mol. The van der Waals surface area contributed by atoms with Gasteiger partial charge in [-0.25, -0.2) is 0 Å².